The van der Waals surface area contributed by atoms with Gasteiger partial charge in [-0.2, -0.15) is 4.80 Å². The van der Waals surface area contributed by atoms with Gasteiger partial charge in [-0.05, 0) is 36.4 Å². The first-order chi connectivity index (χ1) is 10.2. The van der Waals surface area contributed by atoms with Crippen LogP contribution in [0.3, 0.4) is 0 Å². The van der Waals surface area contributed by atoms with Gasteiger partial charge in [-0.15, -0.1) is 5.10 Å². The standard InChI is InChI=1S/C14H14ClN5O/c1-2-20-18-14(17-19-20)16-9-12-6-7-13(21-12)10-4-3-5-11(15)8-10/h3-8H,2,9H2,1H3,(H,16,18). The van der Waals surface area contributed by atoms with E-state index >= 15 is 0 Å². The second-order valence-corrected chi connectivity index (χ2v) is 4.87. The largest absolute Gasteiger partial charge is 0.459 e. The van der Waals surface area contributed by atoms with Crippen molar-refractivity contribution < 1.29 is 4.42 Å². The minimum absolute atomic E-state index is 0.484. The summed E-state index contributed by atoms with van der Waals surface area (Å²) in [5, 5.41) is 15.7. The fourth-order valence-corrected chi connectivity index (χ4v) is 2.07. The van der Waals surface area contributed by atoms with Crippen molar-refractivity contribution in [2.45, 2.75) is 20.0 Å². The van der Waals surface area contributed by atoms with E-state index in [1.807, 2.05) is 43.3 Å². The first-order valence-corrected chi connectivity index (χ1v) is 6.98. The number of nitrogens with zero attached hydrogens (tertiary/aromatic N) is 4. The minimum Gasteiger partial charge on any atom is -0.459 e. The molecule has 0 saturated carbocycles. The van der Waals surface area contributed by atoms with E-state index in [2.05, 4.69) is 20.7 Å². The lowest BCUT2D eigenvalue weighted by molar-refractivity contribution is 0.530. The molecule has 21 heavy (non-hydrogen) atoms. The first kappa shape index (κ1) is 13.6. The number of halogens is 1. The highest BCUT2D eigenvalue weighted by Crippen LogP contribution is 2.24. The average molecular weight is 304 g/mol. The summed E-state index contributed by atoms with van der Waals surface area (Å²) in [6.45, 7) is 3.14. The molecule has 2 heterocycles. The molecular formula is C14H14ClN5O. The molecule has 6 nitrogen and oxygen atoms in total. The van der Waals surface area contributed by atoms with Crippen LogP contribution in [0, 0.1) is 0 Å². The Morgan fingerprint density at radius 1 is 1.29 bits per heavy atom. The molecule has 0 aliphatic rings. The Hall–Kier alpha value is -2.34. The lowest BCUT2D eigenvalue weighted by Crippen LogP contribution is -2.02. The monoisotopic (exact) mass is 303 g/mol. The number of anilines is 1. The van der Waals surface area contributed by atoms with Crippen LogP contribution < -0.4 is 5.32 Å². The lowest BCUT2D eigenvalue weighted by Gasteiger charge is -1.99. The number of hydrogen-bond donors (Lipinski definition) is 1. The number of tetrazole rings is 1. The van der Waals surface area contributed by atoms with Crippen molar-refractivity contribution >= 4 is 17.5 Å². The highest BCUT2D eigenvalue weighted by Gasteiger charge is 2.07. The summed E-state index contributed by atoms with van der Waals surface area (Å²) in [5.74, 6) is 2.05. The zero-order valence-electron chi connectivity index (χ0n) is 11.5. The molecule has 0 atom stereocenters. The Morgan fingerprint density at radius 2 is 2.19 bits per heavy atom. The molecule has 0 saturated heterocycles. The van der Waals surface area contributed by atoms with Crippen LogP contribution in [0.4, 0.5) is 5.95 Å². The van der Waals surface area contributed by atoms with Crippen LogP contribution in [-0.4, -0.2) is 20.2 Å². The van der Waals surface area contributed by atoms with Crippen LogP contribution in [0.5, 0.6) is 0 Å². The van der Waals surface area contributed by atoms with Crippen molar-refractivity contribution in [2.24, 2.45) is 0 Å². The molecule has 0 fully saturated rings. The summed E-state index contributed by atoms with van der Waals surface area (Å²) in [7, 11) is 0. The summed E-state index contributed by atoms with van der Waals surface area (Å²) >= 11 is 5.98. The third-order valence-electron chi connectivity index (χ3n) is 2.93. The molecule has 3 aromatic rings. The van der Waals surface area contributed by atoms with Crippen LogP contribution in [0.15, 0.2) is 40.8 Å². The van der Waals surface area contributed by atoms with Gasteiger partial charge in [0, 0.05) is 10.6 Å². The molecule has 3 rings (SSSR count). The number of benzene rings is 1. The second-order valence-electron chi connectivity index (χ2n) is 4.43. The van der Waals surface area contributed by atoms with Crippen LogP contribution in [0.25, 0.3) is 11.3 Å². The first-order valence-electron chi connectivity index (χ1n) is 6.61. The maximum atomic E-state index is 5.98. The Labute approximate surface area is 126 Å². The van der Waals surface area contributed by atoms with E-state index in [4.69, 9.17) is 16.0 Å². The van der Waals surface area contributed by atoms with E-state index < -0.39 is 0 Å². The third-order valence-corrected chi connectivity index (χ3v) is 3.16. The van der Waals surface area contributed by atoms with E-state index in [0.29, 0.717) is 24.1 Å². The third kappa shape index (κ3) is 3.22. The van der Waals surface area contributed by atoms with Crippen molar-refractivity contribution in [3.63, 3.8) is 0 Å². The van der Waals surface area contributed by atoms with Gasteiger partial charge in [-0.25, -0.2) is 0 Å². The van der Waals surface area contributed by atoms with Crippen molar-refractivity contribution in [1.82, 2.24) is 20.2 Å². The fraction of sp³-hybridized carbons (Fsp3) is 0.214. The molecule has 0 aliphatic carbocycles. The van der Waals surface area contributed by atoms with Gasteiger partial charge in [0.05, 0.1) is 13.1 Å². The van der Waals surface area contributed by atoms with Gasteiger partial charge in [0.15, 0.2) is 0 Å². The molecular weight excluding hydrogens is 290 g/mol. The predicted molar refractivity (Wildman–Crippen MR) is 80.0 cm³/mol. The molecule has 0 amide bonds. The van der Waals surface area contributed by atoms with Gasteiger partial charge < -0.3 is 9.73 Å². The topological polar surface area (TPSA) is 68.8 Å². The molecule has 0 unspecified atom stereocenters. The smallest absolute Gasteiger partial charge is 0.263 e. The molecule has 0 aliphatic heterocycles. The van der Waals surface area contributed by atoms with Crippen molar-refractivity contribution in [3.05, 3.63) is 47.2 Å². The number of aromatic nitrogens is 4. The molecule has 0 radical (unpaired) electrons. The maximum absolute atomic E-state index is 5.98. The highest BCUT2D eigenvalue weighted by atomic mass is 35.5. The zero-order chi connectivity index (χ0) is 14.7. The summed E-state index contributed by atoms with van der Waals surface area (Å²) < 4.78 is 5.78. The SMILES string of the molecule is CCn1nnc(NCc2ccc(-c3cccc(Cl)c3)o2)n1. The van der Waals surface area contributed by atoms with E-state index in [0.717, 1.165) is 17.1 Å². The summed E-state index contributed by atoms with van der Waals surface area (Å²) in [6.07, 6.45) is 0. The van der Waals surface area contributed by atoms with Crippen molar-refractivity contribution in [1.29, 1.82) is 0 Å². The van der Waals surface area contributed by atoms with Crippen LogP contribution in [-0.2, 0) is 13.1 Å². The Bertz CT molecular complexity index is 736. The van der Waals surface area contributed by atoms with Crippen molar-refractivity contribution in [3.8, 4) is 11.3 Å². The lowest BCUT2D eigenvalue weighted by atomic mass is 10.2. The van der Waals surface area contributed by atoms with Crippen LogP contribution >= 0.6 is 11.6 Å². The summed E-state index contributed by atoms with van der Waals surface area (Å²) in [6, 6.07) is 11.4. The molecule has 1 N–H and O–H groups in total. The van der Waals surface area contributed by atoms with Gasteiger partial charge in [-0.3, -0.25) is 0 Å². The van der Waals surface area contributed by atoms with Crippen LogP contribution in [0.1, 0.15) is 12.7 Å². The number of furan rings is 1. The molecule has 7 heteroatoms. The molecule has 0 bridgehead atoms. The number of hydrogen-bond acceptors (Lipinski definition) is 5. The quantitative estimate of drug-likeness (QED) is 0.783. The second kappa shape index (κ2) is 5.97. The predicted octanol–water partition coefficient (Wildman–Crippen LogP) is 3.22. The van der Waals surface area contributed by atoms with E-state index in [-0.39, 0.29) is 0 Å². The van der Waals surface area contributed by atoms with Gasteiger partial charge in [-0.1, -0.05) is 28.8 Å². The Kier molecular flexibility index (Phi) is 3.87. The fourth-order valence-electron chi connectivity index (χ4n) is 1.88. The number of rotatable bonds is 5. The van der Waals surface area contributed by atoms with Gasteiger partial charge >= 0.3 is 0 Å². The van der Waals surface area contributed by atoms with E-state index in [1.165, 1.54) is 4.80 Å². The minimum atomic E-state index is 0.484. The van der Waals surface area contributed by atoms with Gasteiger partial charge in [0.25, 0.3) is 5.95 Å². The number of aryl methyl sites for hydroxylation is 1. The van der Waals surface area contributed by atoms with Crippen LogP contribution in [0.2, 0.25) is 5.02 Å². The molecule has 1 aromatic carbocycles. The van der Waals surface area contributed by atoms with Crippen molar-refractivity contribution in [2.75, 3.05) is 5.32 Å². The maximum Gasteiger partial charge on any atom is 0.263 e. The summed E-state index contributed by atoms with van der Waals surface area (Å²) in [5.41, 5.74) is 0.948. The zero-order valence-corrected chi connectivity index (χ0v) is 12.2. The molecule has 0 spiro atoms. The van der Waals surface area contributed by atoms with Gasteiger partial charge in [0.1, 0.15) is 11.5 Å². The summed E-state index contributed by atoms with van der Waals surface area (Å²) in [4.78, 5) is 1.52. The molecule has 2 aromatic heterocycles. The van der Waals surface area contributed by atoms with Gasteiger partial charge in [0.2, 0.25) is 0 Å². The Balaban J connectivity index is 1.67. The highest BCUT2D eigenvalue weighted by molar-refractivity contribution is 6.30. The normalized spacial score (nSPS) is 10.8. The Morgan fingerprint density at radius 3 is 2.95 bits per heavy atom. The van der Waals surface area contributed by atoms with E-state index in [1.54, 1.807) is 0 Å². The average Bonchev–Trinajstić information content (AvgIpc) is 3.14. The molecule has 108 valence electrons. The number of nitrogens with one attached hydrogen (secondary N) is 1. The van der Waals surface area contributed by atoms with E-state index in [9.17, 15) is 0 Å².